The van der Waals surface area contributed by atoms with Crippen LogP contribution >= 0.6 is 0 Å². The van der Waals surface area contributed by atoms with Gasteiger partial charge in [0.25, 0.3) is 0 Å². The highest BCUT2D eigenvalue weighted by Gasteiger charge is 2.43. The zero-order chi connectivity index (χ0) is 17.8. The van der Waals surface area contributed by atoms with Gasteiger partial charge in [-0.05, 0) is 52.4 Å². The molecule has 0 spiro atoms. The van der Waals surface area contributed by atoms with E-state index in [1.54, 1.807) is 0 Å². The molecule has 1 fully saturated rings. The zero-order valence-corrected chi connectivity index (χ0v) is 15.1. The van der Waals surface area contributed by atoms with Crippen molar-refractivity contribution in [1.82, 2.24) is 5.32 Å². The van der Waals surface area contributed by atoms with E-state index in [0.29, 0.717) is 0 Å². The highest BCUT2D eigenvalue weighted by atomic mass is 16.6. The molecule has 1 saturated carbocycles. The number of carbonyl (C=O) groups excluding carboxylic acids is 1. The Hall–Kier alpha value is -1.30. The SMILES string of the molecule is COC(C(=O)O)C(C)(C)C1CCC(NC(=O)OC(C)(C)C)CC1. The maximum Gasteiger partial charge on any atom is 0.407 e. The predicted octanol–water partition coefficient (Wildman–Crippen LogP) is 3.20. The van der Waals surface area contributed by atoms with Crippen molar-refractivity contribution in [3.8, 4) is 0 Å². The van der Waals surface area contributed by atoms with Crippen LogP contribution in [-0.2, 0) is 14.3 Å². The van der Waals surface area contributed by atoms with Crippen LogP contribution in [0.3, 0.4) is 0 Å². The summed E-state index contributed by atoms with van der Waals surface area (Å²) < 4.78 is 10.5. The maximum absolute atomic E-state index is 11.8. The molecule has 1 aliphatic rings. The molecule has 0 aromatic heterocycles. The first-order chi connectivity index (χ1) is 10.5. The molecule has 1 amide bonds. The summed E-state index contributed by atoms with van der Waals surface area (Å²) in [6.07, 6.45) is 2.16. The van der Waals surface area contributed by atoms with E-state index in [1.165, 1.54) is 7.11 Å². The molecular formula is C17H31NO5. The standard InChI is InChI=1S/C17H31NO5/c1-16(2,3)23-15(21)18-12-9-7-11(8-10-12)17(4,5)13(22-6)14(19)20/h11-13H,7-10H2,1-6H3,(H,18,21)(H,19,20). The fourth-order valence-corrected chi connectivity index (χ4v) is 3.39. The van der Waals surface area contributed by atoms with Gasteiger partial charge in [-0.3, -0.25) is 0 Å². The number of aliphatic carboxylic acids is 1. The molecule has 0 bridgehead atoms. The first-order valence-corrected chi connectivity index (χ1v) is 8.22. The lowest BCUT2D eigenvalue weighted by Gasteiger charge is -2.42. The number of nitrogens with one attached hydrogen (secondary N) is 1. The van der Waals surface area contributed by atoms with Gasteiger partial charge in [0.1, 0.15) is 5.60 Å². The van der Waals surface area contributed by atoms with Crippen molar-refractivity contribution in [2.45, 2.75) is 78.0 Å². The Balaban J connectivity index is 2.55. The lowest BCUT2D eigenvalue weighted by atomic mass is 9.67. The Kier molecular flexibility index (Phi) is 6.45. The number of alkyl carbamates (subject to hydrolysis) is 1. The Morgan fingerprint density at radius 1 is 1.09 bits per heavy atom. The third-order valence-corrected chi connectivity index (χ3v) is 4.64. The minimum Gasteiger partial charge on any atom is -0.479 e. The van der Waals surface area contributed by atoms with E-state index in [-0.39, 0.29) is 18.1 Å². The summed E-state index contributed by atoms with van der Waals surface area (Å²) in [6.45, 7) is 9.40. The van der Waals surface area contributed by atoms with Crippen LogP contribution in [0.25, 0.3) is 0 Å². The summed E-state index contributed by atoms with van der Waals surface area (Å²) in [5.41, 5.74) is -0.950. The van der Waals surface area contributed by atoms with Gasteiger partial charge in [0, 0.05) is 18.6 Å². The summed E-state index contributed by atoms with van der Waals surface area (Å²) in [7, 11) is 1.44. The molecule has 0 radical (unpaired) electrons. The number of carboxylic acid groups (broad SMARTS) is 1. The van der Waals surface area contributed by atoms with E-state index in [0.717, 1.165) is 25.7 Å². The van der Waals surface area contributed by atoms with Crippen LogP contribution in [0.2, 0.25) is 0 Å². The number of methoxy groups -OCH3 is 1. The molecule has 0 aromatic carbocycles. The smallest absolute Gasteiger partial charge is 0.407 e. The van der Waals surface area contributed by atoms with Crippen LogP contribution in [0.1, 0.15) is 60.3 Å². The molecule has 0 saturated heterocycles. The van der Waals surface area contributed by atoms with Gasteiger partial charge in [-0.2, -0.15) is 0 Å². The van der Waals surface area contributed by atoms with Gasteiger partial charge >= 0.3 is 12.1 Å². The van der Waals surface area contributed by atoms with E-state index in [2.05, 4.69) is 5.32 Å². The fourth-order valence-electron chi connectivity index (χ4n) is 3.39. The second kappa shape index (κ2) is 7.51. The summed E-state index contributed by atoms with van der Waals surface area (Å²) >= 11 is 0. The molecule has 0 aromatic rings. The largest absolute Gasteiger partial charge is 0.479 e. The number of ether oxygens (including phenoxy) is 2. The Bertz CT molecular complexity index is 419. The third kappa shape index (κ3) is 5.68. The number of carboxylic acids is 1. The van der Waals surface area contributed by atoms with Crippen molar-refractivity contribution < 1.29 is 24.2 Å². The van der Waals surface area contributed by atoms with Crippen molar-refractivity contribution in [2.75, 3.05) is 7.11 Å². The van der Waals surface area contributed by atoms with Gasteiger partial charge < -0.3 is 19.9 Å². The topological polar surface area (TPSA) is 84.9 Å². The van der Waals surface area contributed by atoms with Crippen LogP contribution in [0.15, 0.2) is 0 Å². The number of hydrogen-bond donors (Lipinski definition) is 2. The van der Waals surface area contributed by atoms with E-state index in [4.69, 9.17) is 9.47 Å². The summed E-state index contributed by atoms with van der Waals surface area (Å²) in [5.74, 6) is -0.674. The molecule has 1 aliphatic carbocycles. The second-order valence-corrected chi connectivity index (χ2v) is 7.97. The Morgan fingerprint density at radius 2 is 1.61 bits per heavy atom. The monoisotopic (exact) mass is 329 g/mol. The summed E-state index contributed by atoms with van der Waals surface area (Å²) in [6, 6.07) is 0.0859. The molecule has 2 N–H and O–H groups in total. The molecule has 6 heteroatoms. The normalized spacial score (nSPS) is 23.9. The van der Waals surface area contributed by atoms with E-state index in [1.807, 2.05) is 34.6 Å². The van der Waals surface area contributed by atoms with Gasteiger partial charge in [-0.25, -0.2) is 9.59 Å². The fraction of sp³-hybridized carbons (Fsp3) is 0.882. The van der Waals surface area contributed by atoms with Crippen LogP contribution in [0, 0.1) is 11.3 Å². The average molecular weight is 329 g/mol. The zero-order valence-electron chi connectivity index (χ0n) is 15.1. The van der Waals surface area contributed by atoms with Crippen molar-refractivity contribution in [1.29, 1.82) is 0 Å². The minimum absolute atomic E-state index is 0.0859. The first kappa shape index (κ1) is 19.7. The molecule has 1 unspecified atom stereocenters. The summed E-state index contributed by atoms with van der Waals surface area (Å²) in [5, 5.41) is 12.2. The molecule has 23 heavy (non-hydrogen) atoms. The quantitative estimate of drug-likeness (QED) is 0.809. The average Bonchev–Trinajstić information content (AvgIpc) is 2.36. The van der Waals surface area contributed by atoms with E-state index in [9.17, 15) is 14.7 Å². The number of rotatable bonds is 5. The Morgan fingerprint density at radius 3 is 2.00 bits per heavy atom. The Labute approximate surface area is 138 Å². The lowest BCUT2D eigenvalue weighted by Crippen LogP contribution is -2.47. The van der Waals surface area contributed by atoms with Crippen LogP contribution in [0.5, 0.6) is 0 Å². The van der Waals surface area contributed by atoms with Gasteiger partial charge in [0.2, 0.25) is 0 Å². The van der Waals surface area contributed by atoms with Gasteiger partial charge in [-0.1, -0.05) is 13.8 Å². The number of amides is 1. The lowest BCUT2D eigenvalue weighted by molar-refractivity contribution is -0.159. The van der Waals surface area contributed by atoms with E-state index < -0.39 is 23.1 Å². The molecule has 0 heterocycles. The van der Waals surface area contributed by atoms with Crippen molar-refractivity contribution in [3.63, 3.8) is 0 Å². The first-order valence-electron chi connectivity index (χ1n) is 8.22. The van der Waals surface area contributed by atoms with Gasteiger partial charge in [0.15, 0.2) is 6.10 Å². The van der Waals surface area contributed by atoms with Crippen LogP contribution in [0.4, 0.5) is 4.79 Å². The third-order valence-electron chi connectivity index (χ3n) is 4.64. The highest BCUT2D eigenvalue weighted by Crippen LogP contribution is 2.41. The molecule has 6 nitrogen and oxygen atoms in total. The predicted molar refractivity (Wildman–Crippen MR) is 87.3 cm³/mol. The van der Waals surface area contributed by atoms with Crippen molar-refractivity contribution >= 4 is 12.1 Å². The summed E-state index contributed by atoms with van der Waals surface area (Å²) in [4.78, 5) is 23.2. The number of hydrogen-bond acceptors (Lipinski definition) is 4. The number of carbonyl (C=O) groups is 2. The van der Waals surface area contributed by atoms with Crippen LogP contribution in [-0.4, -0.2) is 42.0 Å². The van der Waals surface area contributed by atoms with Crippen molar-refractivity contribution in [2.24, 2.45) is 11.3 Å². The minimum atomic E-state index is -0.925. The molecule has 0 aliphatic heterocycles. The molecular weight excluding hydrogens is 298 g/mol. The second-order valence-electron chi connectivity index (χ2n) is 7.97. The molecule has 134 valence electrons. The van der Waals surface area contributed by atoms with Crippen LogP contribution < -0.4 is 5.32 Å². The van der Waals surface area contributed by atoms with Crippen molar-refractivity contribution in [3.05, 3.63) is 0 Å². The highest BCUT2D eigenvalue weighted by molar-refractivity contribution is 5.73. The van der Waals surface area contributed by atoms with E-state index >= 15 is 0 Å². The molecule has 1 rings (SSSR count). The van der Waals surface area contributed by atoms with Gasteiger partial charge in [-0.15, -0.1) is 0 Å². The van der Waals surface area contributed by atoms with Gasteiger partial charge in [0.05, 0.1) is 0 Å². The molecule has 1 atom stereocenters. The maximum atomic E-state index is 11.8.